The molecule has 3 rings (SSSR count). The summed E-state index contributed by atoms with van der Waals surface area (Å²) in [6.07, 6.45) is 0.00756. The number of rotatable bonds is 6. The average Bonchev–Trinajstić information content (AvgIpc) is 3.08. The Morgan fingerprint density at radius 3 is 2.66 bits per heavy atom. The molecule has 2 aromatic rings. The van der Waals surface area contributed by atoms with Crippen LogP contribution in [0.5, 0.6) is 0 Å². The number of halogens is 1. The van der Waals surface area contributed by atoms with Crippen molar-refractivity contribution >= 4 is 46.5 Å². The van der Waals surface area contributed by atoms with Crippen LogP contribution in [0.1, 0.15) is 23.7 Å². The van der Waals surface area contributed by atoms with E-state index in [4.69, 9.17) is 16.3 Å². The molecule has 1 fully saturated rings. The molecule has 29 heavy (non-hydrogen) atoms. The number of carbonyl (C=O) groups is 4. The predicted molar refractivity (Wildman–Crippen MR) is 108 cm³/mol. The van der Waals surface area contributed by atoms with Crippen LogP contribution in [0.25, 0.3) is 0 Å². The number of nitrogens with zero attached hydrogens (tertiary/aromatic N) is 1. The zero-order valence-electron chi connectivity index (χ0n) is 15.7. The highest BCUT2D eigenvalue weighted by Crippen LogP contribution is 2.27. The van der Waals surface area contributed by atoms with Gasteiger partial charge in [0.25, 0.3) is 5.91 Å². The first kappa shape index (κ1) is 20.5. The highest BCUT2D eigenvalue weighted by atomic mass is 35.5. The van der Waals surface area contributed by atoms with Gasteiger partial charge in [-0.25, -0.2) is 0 Å². The molecule has 0 unspecified atom stereocenters. The van der Waals surface area contributed by atoms with E-state index in [1.807, 2.05) is 0 Å². The first-order valence-corrected chi connectivity index (χ1v) is 9.34. The maximum absolute atomic E-state index is 12.3. The van der Waals surface area contributed by atoms with E-state index in [1.165, 1.54) is 11.8 Å². The molecule has 0 saturated carbocycles. The van der Waals surface area contributed by atoms with Crippen molar-refractivity contribution in [1.82, 2.24) is 0 Å². The third kappa shape index (κ3) is 5.20. The maximum atomic E-state index is 12.3. The lowest BCUT2D eigenvalue weighted by atomic mass is 10.1. The molecule has 0 bridgehead atoms. The lowest BCUT2D eigenvalue weighted by molar-refractivity contribution is -0.151. The van der Waals surface area contributed by atoms with Crippen LogP contribution in [0.15, 0.2) is 48.5 Å². The van der Waals surface area contributed by atoms with Crippen molar-refractivity contribution in [3.05, 3.63) is 59.1 Å². The van der Waals surface area contributed by atoms with Crippen molar-refractivity contribution in [2.75, 3.05) is 23.4 Å². The number of benzene rings is 2. The lowest BCUT2D eigenvalue weighted by Crippen LogP contribution is -2.28. The smallest absolute Gasteiger partial charge is 0.311 e. The normalized spacial score (nSPS) is 15.9. The summed E-state index contributed by atoms with van der Waals surface area (Å²) in [7, 11) is 0. The Labute approximate surface area is 172 Å². The molecule has 2 aromatic carbocycles. The van der Waals surface area contributed by atoms with Crippen molar-refractivity contribution in [3.8, 4) is 0 Å². The first-order chi connectivity index (χ1) is 13.8. The van der Waals surface area contributed by atoms with Gasteiger partial charge in [-0.15, -0.1) is 0 Å². The zero-order valence-corrected chi connectivity index (χ0v) is 16.4. The van der Waals surface area contributed by atoms with Gasteiger partial charge in [-0.05, 0) is 37.3 Å². The van der Waals surface area contributed by atoms with Gasteiger partial charge < -0.3 is 15.0 Å². The molecule has 0 radical (unpaired) electrons. The Morgan fingerprint density at radius 1 is 1.17 bits per heavy atom. The third-order valence-electron chi connectivity index (χ3n) is 4.48. The van der Waals surface area contributed by atoms with Gasteiger partial charge in [0.15, 0.2) is 12.4 Å². The van der Waals surface area contributed by atoms with Gasteiger partial charge in [0.05, 0.1) is 5.92 Å². The summed E-state index contributed by atoms with van der Waals surface area (Å²) >= 11 is 5.96. The largest absolute Gasteiger partial charge is 0.455 e. The second kappa shape index (κ2) is 8.87. The lowest BCUT2D eigenvalue weighted by Gasteiger charge is -2.16. The molecule has 7 nitrogen and oxygen atoms in total. The number of hydrogen-bond acceptors (Lipinski definition) is 5. The topological polar surface area (TPSA) is 92.8 Å². The number of Topliss-reactive ketones (excluding diaryl/α,β-unsaturated/α-hetero) is 1. The Morgan fingerprint density at radius 2 is 1.93 bits per heavy atom. The fourth-order valence-corrected chi connectivity index (χ4v) is 3.21. The second-order valence-electron chi connectivity index (χ2n) is 6.68. The van der Waals surface area contributed by atoms with Gasteiger partial charge in [0.2, 0.25) is 5.91 Å². The number of ketones is 1. The van der Waals surface area contributed by atoms with Crippen molar-refractivity contribution < 1.29 is 23.9 Å². The van der Waals surface area contributed by atoms with E-state index in [1.54, 1.807) is 48.5 Å². The summed E-state index contributed by atoms with van der Waals surface area (Å²) in [5, 5.41) is 3.06. The highest BCUT2D eigenvalue weighted by Gasteiger charge is 2.36. The van der Waals surface area contributed by atoms with Crippen molar-refractivity contribution in [3.63, 3.8) is 0 Å². The molecule has 1 atom stereocenters. The van der Waals surface area contributed by atoms with E-state index < -0.39 is 24.4 Å². The van der Waals surface area contributed by atoms with Crippen LogP contribution >= 0.6 is 11.6 Å². The molecular formula is C21H19ClN2O5. The summed E-state index contributed by atoms with van der Waals surface area (Å²) in [6, 6.07) is 13.3. The molecule has 2 amide bonds. The predicted octanol–water partition coefficient (Wildman–Crippen LogP) is 3.08. The van der Waals surface area contributed by atoms with E-state index in [2.05, 4.69) is 5.32 Å². The standard InChI is InChI=1S/C21H19ClN2O5/c1-13(25)14-4-2-6-17(8-14)23-19(26)12-29-21(28)15-9-20(27)24(11-15)18-7-3-5-16(22)10-18/h2-8,10,15H,9,11-12H2,1H3,(H,23,26)/t15-/m0/s1. The van der Waals surface area contributed by atoms with Gasteiger partial charge in [-0.3, -0.25) is 19.2 Å². The molecule has 1 aliphatic rings. The second-order valence-corrected chi connectivity index (χ2v) is 7.11. The molecule has 0 aliphatic carbocycles. The van der Waals surface area contributed by atoms with Gasteiger partial charge in [-0.2, -0.15) is 0 Å². The van der Waals surface area contributed by atoms with Crippen LogP contribution in [0, 0.1) is 5.92 Å². The number of anilines is 2. The summed E-state index contributed by atoms with van der Waals surface area (Å²) in [6.45, 7) is 1.11. The van der Waals surface area contributed by atoms with Crippen molar-refractivity contribution in [2.45, 2.75) is 13.3 Å². The Bertz CT molecular complexity index is 975. The third-order valence-corrected chi connectivity index (χ3v) is 4.71. The minimum Gasteiger partial charge on any atom is -0.455 e. The minimum atomic E-state index is -0.657. The number of hydrogen-bond donors (Lipinski definition) is 1. The molecule has 150 valence electrons. The van der Waals surface area contributed by atoms with Crippen LogP contribution in [-0.2, 0) is 19.1 Å². The van der Waals surface area contributed by atoms with Crippen LogP contribution in [0.2, 0.25) is 5.02 Å². The number of amides is 2. The Hall–Kier alpha value is -3.19. The molecule has 0 spiro atoms. The molecule has 1 heterocycles. The highest BCUT2D eigenvalue weighted by molar-refractivity contribution is 6.31. The molecular weight excluding hydrogens is 396 g/mol. The maximum Gasteiger partial charge on any atom is 0.311 e. The zero-order chi connectivity index (χ0) is 21.0. The van der Waals surface area contributed by atoms with Crippen molar-refractivity contribution in [1.29, 1.82) is 0 Å². The molecule has 1 N–H and O–H groups in total. The van der Waals surface area contributed by atoms with Crippen LogP contribution in [-0.4, -0.2) is 36.7 Å². The summed E-state index contributed by atoms with van der Waals surface area (Å²) in [5.41, 5.74) is 1.51. The van der Waals surface area contributed by atoms with E-state index in [-0.39, 0.29) is 24.7 Å². The summed E-state index contributed by atoms with van der Waals surface area (Å²) < 4.78 is 5.07. The van der Waals surface area contributed by atoms with Gasteiger partial charge in [-0.1, -0.05) is 29.8 Å². The Kier molecular flexibility index (Phi) is 6.29. The number of ether oxygens (including phenoxy) is 1. The fraction of sp³-hybridized carbons (Fsp3) is 0.238. The summed E-state index contributed by atoms with van der Waals surface area (Å²) in [5.74, 6) is -2.14. The summed E-state index contributed by atoms with van der Waals surface area (Å²) in [4.78, 5) is 49.4. The van der Waals surface area contributed by atoms with E-state index in [9.17, 15) is 19.2 Å². The molecule has 1 aliphatic heterocycles. The van der Waals surface area contributed by atoms with Crippen LogP contribution in [0.3, 0.4) is 0 Å². The SMILES string of the molecule is CC(=O)c1cccc(NC(=O)COC(=O)[C@H]2CC(=O)N(c3cccc(Cl)c3)C2)c1. The molecule has 0 aromatic heterocycles. The van der Waals surface area contributed by atoms with Crippen LogP contribution < -0.4 is 10.2 Å². The number of esters is 1. The number of carbonyl (C=O) groups excluding carboxylic acids is 4. The van der Waals surface area contributed by atoms with E-state index >= 15 is 0 Å². The van der Waals surface area contributed by atoms with Gasteiger partial charge in [0, 0.05) is 34.9 Å². The quantitative estimate of drug-likeness (QED) is 0.579. The van der Waals surface area contributed by atoms with Gasteiger partial charge in [0.1, 0.15) is 0 Å². The minimum absolute atomic E-state index is 0.00756. The average molecular weight is 415 g/mol. The van der Waals surface area contributed by atoms with E-state index in [0.717, 1.165) is 0 Å². The fourth-order valence-electron chi connectivity index (χ4n) is 3.03. The monoisotopic (exact) mass is 414 g/mol. The molecule has 8 heteroatoms. The Balaban J connectivity index is 1.53. The molecule has 1 saturated heterocycles. The first-order valence-electron chi connectivity index (χ1n) is 8.97. The van der Waals surface area contributed by atoms with Crippen molar-refractivity contribution in [2.24, 2.45) is 5.92 Å². The van der Waals surface area contributed by atoms with Crippen LogP contribution in [0.4, 0.5) is 11.4 Å². The van der Waals surface area contributed by atoms with E-state index in [0.29, 0.717) is 22.0 Å². The van der Waals surface area contributed by atoms with Gasteiger partial charge >= 0.3 is 5.97 Å². The number of nitrogens with one attached hydrogen (secondary N) is 1.